The van der Waals surface area contributed by atoms with E-state index in [0.717, 1.165) is 19.3 Å². The van der Waals surface area contributed by atoms with Crippen molar-refractivity contribution in [3.63, 3.8) is 0 Å². The molecule has 0 aliphatic heterocycles. The van der Waals surface area contributed by atoms with Gasteiger partial charge in [-0.25, -0.2) is 13.1 Å². The van der Waals surface area contributed by atoms with Crippen LogP contribution in [0.4, 0.5) is 0 Å². The molecule has 0 spiro atoms. The Balaban J connectivity index is 2.20. The highest BCUT2D eigenvalue weighted by molar-refractivity contribution is 9.09. The topological polar surface area (TPSA) is 55.4 Å². The Kier molecular flexibility index (Phi) is 6.25. The van der Waals surface area contributed by atoms with E-state index in [4.69, 9.17) is 4.74 Å². The van der Waals surface area contributed by atoms with E-state index in [1.54, 1.807) is 0 Å². The fourth-order valence-corrected chi connectivity index (χ4v) is 3.59. The number of ether oxygens (including phenoxy) is 1. The molecule has 96 valence electrons. The molecule has 4 nitrogen and oxygen atoms in total. The maximum absolute atomic E-state index is 11.5. The minimum Gasteiger partial charge on any atom is -0.381 e. The lowest BCUT2D eigenvalue weighted by atomic mass is 10.1. The standard InChI is InChI=1S/C10H20BrNO3S/c1-2-15-5-6-16(13,14)12-8-9-3-4-10(11)7-9/h9-10,12H,2-8H2,1H3. The molecule has 0 aromatic rings. The number of nitrogens with one attached hydrogen (secondary N) is 1. The minimum absolute atomic E-state index is 0.0608. The van der Waals surface area contributed by atoms with Crippen molar-refractivity contribution in [2.24, 2.45) is 5.92 Å². The largest absolute Gasteiger partial charge is 0.381 e. The third-order valence-corrected chi connectivity index (χ3v) is 4.91. The number of hydrogen-bond donors (Lipinski definition) is 1. The van der Waals surface area contributed by atoms with Crippen LogP contribution in [-0.2, 0) is 14.8 Å². The number of hydrogen-bond acceptors (Lipinski definition) is 3. The number of sulfonamides is 1. The highest BCUT2D eigenvalue weighted by Crippen LogP contribution is 2.30. The van der Waals surface area contributed by atoms with Crippen molar-refractivity contribution in [3.05, 3.63) is 0 Å². The molecule has 1 aliphatic rings. The van der Waals surface area contributed by atoms with Crippen LogP contribution in [0.2, 0.25) is 0 Å². The predicted octanol–water partition coefficient (Wildman–Crippen LogP) is 1.51. The van der Waals surface area contributed by atoms with Gasteiger partial charge in [0.25, 0.3) is 0 Å². The number of halogens is 1. The SMILES string of the molecule is CCOCCS(=O)(=O)NCC1CCC(Br)C1. The first-order chi connectivity index (χ1) is 7.53. The molecule has 0 saturated heterocycles. The zero-order valence-electron chi connectivity index (χ0n) is 9.62. The van der Waals surface area contributed by atoms with E-state index in [-0.39, 0.29) is 12.4 Å². The van der Waals surface area contributed by atoms with Crippen LogP contribution in [0.3, 0.4) is 0 Å². The molecule has 2 atom stereocenters. The lowest BCUT2D eigenvalue weighted by Gasteiger charge is -2.11. The molecule has 0 amide bonds. The van der Waals surface area contributed by atoms with E-state index >= 15 is 0 Å². The molecule has 1 N–H and O–H groups in total. The molecule has 1 rings (SSSR count). The van der Waals surface area contributed by atoms with Crippen LogP contribution in [0, 0.1) is 5.92 Å². The molecule has 0 bridgehead atoms. The fourth-order valence-electron chi connectivity index (χ4n) is 1.83. The Hall–Kier alpha value is 0.350. The zero-order chi connectivity index (χ0) is 12.0. The molecule has 0 aromatic carbocycles. The lowest BCUT2D eigenvalue weighted by Crippen LogP contribution is -2.32. The molecule has 2 unspecified atom stereocenters. The molecule has 0 radical (unpaired) electrons. The lowest BCUT2D eigenvalue weighted by molar-refractivity contribution is 0.163. The smallest absolute Gasteiger partial charge is 0.213 e. The second kappa shape index (κ2) is 6.93. The third-order valence-electron chi connectivity index (χ3n) is 2.77. The molecule has 1 aliphatic carbocycles. The molecular weight excluding hydrogens is 294 g/mol. The van der Waals surface area contributed by atoms with Gasteiger partial charge in [0.2, 0.25) is 10.0 Å². The van der Waals surface area contributed by atoms with E-state index < -0.39 is 10.0 Å². The van der Waals surface area contributed by atoms with E-state index in [9.17, 15) is 8.42 Å². The van der Waals surface area contributed by atoms with E-state index in [1.165, 1.54) is 0 Å². The highest BCUT2D eigenvalue weighted by Gasteiger charge is 2.23. The van der Waals surface area contributed by atoms with Crippen molar-refractivity contribution < 1.29 is 13.2 Å². The van der Waals surface area contributed by atoms with Gasteiger partial charge >= 0.3 is 0 Å². The van der Waals surface area contributed by atoms with Crippen molar-refractivity contribution in [2.45, 2.75) is 31.0 Å². The predicted molar refractivity (Wildman–Crippen MR) is 68.3 cm³/mol. The summed E-state index contributed by atoms with van der Waals surface area (Å²) in [5.74, 6) is 0.539. The minimum atomic E-state index is -3.15. The Labute approximate surface area is 106 Å². The maximum atomic E-state index is 11.5. The summed E-state index contributed by atoms with van der Waals surface area (Å²) >= 11 is 3.55. The fraction of sp³-hybridized carbons (Fsp3) is 1.00. The Morgan fingerprint density at radius 2 is 2.19 bits per heavy atom. The van der Waals surface area contributed by atoms with Crippen LogP contribution in [0.15, 0.2) is 0 Å². The van der Waals surface area contributed by atoms with E-state index in [1.807, 2.05) is 6.92 Å². The second-order valence-electron chi connectivity index (χ2n) is 4.14. The average molecular weight is 314 g/mol. The monoisotopic (exact) mass is 313 g/mol. The van der Waals surface area contributed by atoms with Crippen LogP contribution in [0.5, 0.6) is 0 Å². The maximum Gasteiger partial charge on any atom is 0.213 e. The first-order valence-electron chi connectivity index (χ1n) is 5.72. The summed E-state index contributed by atoms with van der Waals surface area (Å²) in [6, 6.07) is 0. The molecule has 1 saturated carbocycles. The van der Waals surface area contributed by atoms with Gasteiger partial charge in [-0.05, 0) is 32.1 Å². The first-order valence-corrected chi connectivity index (χ1v) is 8.29. The summed E-state index contributed by atoms with van der Waals surface area (Å²) in [7, 11) is -3.15. The summed E-state index contributed by atoms with van der Waals surface area (Å²) in [5.41, 5.74) is 0. The number of alkyl halides is 1. The molecule has 1 fully saturated rings. The van der Waals surface area contributed by atoms with E-state index in [2.05, 4.69) is 20.7 Å². The van der Waals surface area contributed by atoms with Crippen LogP contribution in [0.1, 0.15) is 26.2 Å². The third kappa shape index (κ3) is 5.61. The van der Waals surface area contributed by atoms with Gasteiger partial charge in [-0.1, -0.05) is 15.9 Å². The van der Waals surface area contributed by atoms with Gasteiger partial charge in [0.15, 0.2) is 0 Å². The average Bonchev–Trinajstić information content (AvgIpc) is 2.62. The highest BCUT2D eigenvalue weighted by atomic mass is 79.9. The van der Waals surface area contributed by atoms with Crippen LogP contribution in [-0.4, -0.2) is 38.8 Å². The van der Waals surface area contributed by atoms with Crippen LogP contribution < -0.4 is 4.72 Å². The first kappa shape index (κ1) is 14.4. The summed E-state index contributed by atoms with van der Waals surface area (Å²) in [6.07, 6.45) is 3.31. The Bertz CT molecular complexity index is 294. The molecular formula is C10H20BrNO3S. The normalized spacial score (nSPS) is 26.1. The van der Waals surface area contributed by atoms with Gasteiger partial charge in [0.05, 0.1) is 12.4 Å². The molecule has 0 heterocycles. The van der Waals surface area contributed by atoms with Gasteiger partial charge in [-0.2, -0.15) is 0 Å². The van der Waals surface area contributed by atoms with E-state index in [0.29, 0.717) is 23.9 Å². The van der Waals surface area contributed by atoms with Crippen molar-refractivity contribution >= 4 is 26.0 Å². The molecule has 0 aromatic heterocycles. The van der Waals surface area contributed by atoms with Gasteiger partial charge < -0.3 is 4.74 Å². The van der Waals surface area contributed by atoms with Gasteiger partial charge in [-0.15, -0.1) is 0 Å². The zero-order valence-corrected chi connectivity index (χ0v) is 12.0. The second-order valence-corrected chi connectivity index (χ2v) is 7.36. The van der Waals surface area contributed by atoms with Crippen molar-refractivity contribution in [1.29, 1.82) is 0 Å². The van der Waals surface area contributed by atoms with Gasteiger partial charge in [-0.3, -0.25) is 0 Å². The molecule has 16 heavy (non-hydrogen) atoms. The summed E-state index contributed by atoms with van der Waals surface area (Å²) in [5, 5.41) is 0. The summed E-state index contributed by atoms with van der Waals surface area (Å²) in [6.45, 7) is 3.26. The van der Waals surface area contributed by atoms with Gasteiger partial charge in [0, 0.05) is 18.0 Å². The van der Waals surface area contributed by atoms with Crippen molar-refractivity contribution in [3.8, 4) is 0 Å². The summed E-state index contributed by atoms with van der Waals surface area (Å²) < 4.78 is 30.8. The molecule has 6 heteroatoms. The van der Waals surface area contributed by atoms with Crippen molar-refractivity contribution in [2.75, 3.05) is 25.5 Å². The summed E-state index contributed by atoms with van der Waals surface area (Å²) in [4.78, 5) is 0.561. The number of rotatable bonds is 7. The van der Waals surface area contributed by atoms with Crippen molar-refractivity contribution in [1.82, 2.24) is 4.72 Å². The van der Waals surface area contributed by atoms with Crippen LogP contribution in [0.25, 0.3) is 0 Å². The quantitative estimate of drug-likeness (QED) is 0.572. The Morgan fingerprint density at radius 3 is 2.75 bits per heavy atom. The van der Waals surface area contributed by atoms with Crippen LogP contribution >= 0.6 is 15.9 Å². The Morgan fingerprint density at radius 1 is 1.44 bits per heavy atom. The van der Waals surface area contributed by atoms with Gasteiger partial charge in [0.1, 0.15) is 0 Å².